The highest BCUT2D eigenvalue weighted by Gasteiger charge is 2.36. The van der Waals surface area contributed by atoms with E-state index < -0.39 is 5.82 Å². The van der Waals surface area contributed by atoms with Gasteiger partial charge in [-0.25, -0.2) is 4.39 Å². The highest BCUT2D eigenvalue weighted by atomic mass is 35.5. The maximum Gasteiger partial charge on any atom is 0.255 e. The van der Waals surface area contributed by atoms with E-state index >= 15 is 0 Å². The molecule has 3 aliphatic heterocycles. The Kier molecular flexibility index (Phi) is 3.69. The summed E-state index contributed by atoms with van der Waals surface area (Å²) in [6, 6.07) is 4.23. The fraction of sp³-hybridized carbons (Fsp3) is 0.533. The number of benzene rings is 1. The lowest BCUT2D eigenvalue weighted by atomic mass is 9.94. The summed E-state index contributed by atoms with van der Waals surface area (Å²) in [7, 11) is 2.10. The van der Waals surface area contributed by atoms with Crippen LogP contribution in [0.25, 0.3) is 0 Å². The zero-order chi connectivity index (χ0) is 14.3. The van der Waals surface area contributed by atoms with E-state index in [-0.39, 0.29) is 17.0 Å². The standard InChI is InChI=1S/C15H18ClFN2O/c1-18-7-10-2-4-12(9-18)19(8-10)15(20)13-5-3-11(17)6-14(13)16/h3,5-6,10,12H,2,4,7-9H2,1H3/t10-,12+/m0/s1. The fourth-order valence-electron chi connectivity index (χ4n) is 3.38. The van der Waals surface area contributed by atoms with E-state index in [9.17, 15) is 9.18 Å². The lowest BCUT2D eigenvalue weighted by molar-refractivity contribution is 0.0587. The molecule has 1 aromatic carbocycles. The lowest BCUT2D eigenvalue weighted by Crippen LogP contribution is -2.47. The third-order valence-corrected chi connectivity index (χ3v) is 4.63. The second kappa shape index (κ2) is 5.34. The Morgan fingerprint density at radius 3 is 2.85 bits per heavy atom. The van der Waals surface area contributed by atoms with Crippen molar-refractivity contribution in [3.63, 3.8) is 0 Å². The van der Waals surface area contributed by atoms with Crippen LogP contribution in [0.2, 0.25) is 5.02 Å². The summed E-state index contributed by atoms with van der Waals surface area (Å²) in [5.74, 6) is 0.0468. The van der Waals surface area contributed by atoms with E-state index in [0.717, 1.165) is 26.1 Å². The third-order valence-electron chi connectivity index (χ3n) is 4.32. The molecule has 3 aliphatic rings. The van der Waals surface area contributed by atoms with Crippen molar-refractivity contribution >= 4 is 17.5 Å². The van der Waals surface area contributed by atoms with Gasteiger partial charge in [-0.15, -0.1) is 0 Å². The van der Waals surface area contributed by atoms with Crippen LogP contribution in [0.1, 0.15) is 23.2 Å². The minimum atomic E-state index is -0.413. The predicted octanol–water partition coefficient (Wildman–Crippen LogP) is 2.65. The molecule has 0 aliphatic carbocycles. The van der Waals surface area contributed by atoms with Crippen LogP contribution in [0.15, 0.2) is 18.2 Å². The molecule has 4 rings (SSSR count). The van der Waals surface area contributed by atoms with Crippen molar-refractivity contribution in [2.45, 2.75) is 18.9 Å². The molecule has 2 atom stereocenters. The molecule has 108 valence electrons. The Balaban J connectivity index is 1.87. The van der Waals surface area contributed by atoms with Crippen LogP contribution in [0.5, 0.6) is 0 Å². The maximum absolute atomic E-state index is 13.1. The van der Waals surface area contributed by atoms with Gasteiger partial charge in [-0.2, -0.15) is 0 Å². The molecular weight excluding hydrogens is 279 g/mol. The minimum absolute atomic E-state index is 0.0694. The first-order valence-corrected chi connectivity index (χ1v) is 7.37. The number of amides is 1. The van der Waals surface area contributed by atoms with Crippen LogP contribution in [0.3, 0.4) is 0 Å². The smallest absolute Gasteiger partial charge is 0.255 e. The average molecular weight is 297 g/mol. The molecule has 2 bridgehead atoms. The van der Waals surface area contributed by atoms with Gasteiger partial charge in [0.25, 0.3) is 5.91 Å². The van der Waals surface area contributed by atoms with Crippen molar-refractivity contribution < 1.29 is 9.18 Å². The summed E-state index contributed by atoms with van der Waals surface area (Å²) in [5.41, 5.74) is 0.406. The van der Waals surface area contributed by atoms with Crippen molar-refractivity contribution in [3.8, 4) is 0 Å². The van der Waals surface area contributed by atoms with Crippen LogP contribution in [-0.4, -0.2) is 48.4 Å². The summed E-state index contributed by atoms with van der Waals surface area (Å²) >= 11 is 6.02. The summed E-state index contributed by atoms with van der Waals surface area (Å²) in [6.07, 6.45) is 2.22. The number of hydrogen-bond acceptors (Lipinski definition) is 2. The second-order valence-corrected chi connectivity index (χ2v) is 6.31. The average Bonchev–Trinajstić information content (AvgIpc) is 2.66. The van der Waals surface area contributed by atoms with Gasteiger partial charge in [-0.1, -0.05) is 11.6 Å². The minimum Gasteiger partial charge on any atom is -0.334 e. The van der Waals surface area contributed by atoms with Gasteiger partial charge in [-0.05, 0) is 44.0 Å². The number of carbonyl (C=O) groups excluding carboxylic acids is 1. The number of halogens is 2. The molecule has 0 spiro atoms. The largest absolute Gasteiger partial charge is 0.334 e. The Labute approximate surface area is 123 Å². The van der Waals surface area contributed by atoms with Gasteiger partial charge in [0.05, 0.1) is 10.6 Å². The van der Waals surface area contributed by atoms with Crippen molar-refractivity contribution in [1.82, 2.24) is 9.80 Å². The van der Waals surface area contributed by atoms with E-state index in [1.807, 2.05) is 4.90 Å². The van der Waals surface area contributed by atoms with Crippen molar-refractivity contribution in [2.75, 3.05) is 26.7 Å². The molecule has 1 amide bonds. The highest BCUT2D eigenvalue weighted by Crippen LogP contribution is 2.30. The molecule has 0 radical (unpaired) electrons. The Morgan fingerprint density at radius 1 is 1.30 bits per heavy atom. The summed E-state index contributed by atoms with van der Waals surface area (Å²) in [4.78, 5) is 16.9. The van der Waals surface area contributed by atoms with Crippen LogP contribution in [-0.2, 0) is 0 Å². The van der Waals surface area contributed by atoms with Crippen LogP contribution < -0.4 is 0 Å². The zero-order valence-electron chi connectivity index (χ0n) is 11.5. The molecule has 3 fully saturated rings. The van der Waals surface area contributed by atoms with Gasteiger partial charge in [0.1, 0.15) is 5.82 Å². The van der Waals surface area contributed by atoms with Crippen LogP contribution in [0, 0.1) is 11.7 Å². The molecular formula is C15H18ClFN2O. The number of fused-ring (bicyclic) bond motifs is 4. The Hall–Kier alpha value is -1.13. The quantitative estimate of drug-likeness (QED) is 0.795. The van der Waals surface area contributed by atoms with Gasteiger partial charge in [0.2, 0.25) is 0 Å². The lowest BCUT2D eigenvalue weighted by Gasteiger charge is -2.36. The molecule has 1 aromatic rings. The van der Waals surface area contributed by atoms with Crippen molar-refractivity contribution in [2.24, 2.45) is 5.92 Å². The van der Waals surface area contributed by atoms with Crippen LogP contribution >= 0.6 is 11.6 Å². The molecule has 0 N–H and O–H groups in total. The number of hydrogen-bond donors (Lipinski definition) is 0. The van der Waals surface area contributed by atoms with E-state index in [1.54, 1.807) is 0 Å². The first kappa shape index (κ1) is 13.8. The normalized spacial score (nSPS) is 26.6. The Bertz CT molecular complexity index is 537. The number of rotatable bonds is 1. The third kappa shape index (κ3) is 2.54. The highest BCUT2D eigenvalue weighted by molar-refractivity contribution is 6.33. The second-order valence-electron chi connectivity index (χ2n) is 5.90. The number of piperidine rings is 1. The van der Waals surface area contributed by atoms with Gasteiger partial charge in [0, 0.05) is 25.7 Å². The Morgan fingerprint density at radius 2 is 2.10 bits per heavy atom. The van der Waals surface area contributed by atoms with Crippen LogP contribution in [0.4, 0.5) is 4.39 Å². The monoisotopic (exact) mass is 296 g/mol. The van der Waals surface area contributed by atoms with Crippen molar-refractivity contribution in [3.05, 3.63) is 34.6 Å². The number of nitrogens with zero attached hydrogens (tertiary/aromatic N) is 2. The summed E-state index contributed by atoms with van der Waals surface area (Å²) in [5, 5.41) is 0.198. The van der Waals surface area contributed by atoms with Gasteiger partial charge in [0.15, 0.2) is 0 Å². The van der Waals surface area contributed by atoms with Crippen molar-refractivity contribution in [1.29, 1.82) is 0 Å². The first-order valence-electron chi connectivity index (χ1n) is 6.99. The van der Waals surface area contributed by atoms with E-state index in [0.29, 0.717) is 11.5 Å². The zero-order valence-corrected chi connectivity index (χ0v) is 12.2. The fourth-order valence-corrected chi connectivity index (χ4v) is 3.63. The first-order chi connectivity index (χ1) is 9.54. The molecule has 20 heavy (non-hydrogen) atoms. The van der Waals surface area contributed by atoms with E-state index in [2.05, 4.69) is 11.9 Å². The molecule has 0 saturated carbocycles. The van der Waals surface area contributed by atoms with Gasteiger partial charge < -0.3 is 9.80 Å². The SMILES string of the molecule is CN1C[C@@H]2CC[C@H](C1)N(C(=O)c1ccc(F)cc1Cl)C2. The molecule has 3 saturated heterocycles. The summed E-state index contributed by atoms with van der Waals surface area (Å²) in [6.45, 7) is 2.72. The molecule has 3 nitrogen and oxygen atoms in total. The molecule has 0 unspecified atom stereocenters. The van der Waals surface area contributed by atoms with Gasteiger partial charge >= 0.3 is 0 Å². The topological polar surface area (TPSA) is 23.6 Å². The maximum atomic E-state index is 13.1. The predicted molar refractivity (Wildman–Crippen MR) is 76.5 cm³/mol. The molecule has 0 aromatic heterocycles. The van der Waals surface area contributed by atoms with Gasteiger partial charge in [-0.3, -0.25) is 4.79 Å². The van der Waals surface area contributed by atoms with E-state index in [1.165, 1.54) is 24.6 Å². The number of carbonyl (C=O) groups is 1. The van der Waals surface area contributed by atoms with E-state index in [4.69, 9.17) is 11.6 Å². The number of likely N-dealkylation sites (N-methyl/N-ethyl adjacent to an activating group) is 1. The summed E-state index contributed by atoms with van der Waals surface area (Å²) < 4.78 is 13.1. The molecule has 3 heterocycles. The molecule has 5 heteroatoms.